The number of rotatable bonds is 4. The number of nitrogens with zero attached hydrogens (tertiary/aromatic N) is 2. The van der Waals surface area contributed by atoms with Crippen LogP contribution in [-0.2, 0) is 13.0 Å². The third kappa shape index (κ3) is 2.84. The van der Waals surface area contributed by atoms with Gasteiger partial charge in [0, 0.05) is 5.69 Å². The number of aryl methyl sites for hydroxylation is 2. The maximum absolute atomic E-state index is 13.1. The SMILES string of the molecule is Cc1cc(F)ccc1Cn1nc(C)c(CCN)c1C. The summed E-state index contributed by atoms with van der Waals surface area (Å²) in [7, 11) is 0. The zero-order valence-corrected chi connectivity index (χ0v) is 11.7. The molecule has 0 aliphatic carbocycles. The Morgan fingerprint density at radius 3 is 2.63 bits per heavy atom. The van der Waals surface area contributed by atoms with Gasteiger partial charge in [0.2, 0.25) is 0 Å². The van der Waals surface area contributed by atoms with E-state index in [1.165, 1.54) is 11.6 Å². The minimum absolute atomic E-state index is 0.196. The standard InChI is InChI=1S/C15H20FN3/c1-10-8-14(16)5-4-13(10)9-19-12(3)15(6-7-17)11(2)18-19/h4-5,8H,6-7,9,17H2,1-3H3. The van der Waals surface area contributed by atoms with Gasteiger partial charge in [0.05, 0.1) is 12.2 Å². The maximum Gasteiger partial charge on any atom is 0.123 e. The number of nitrogens with two attached hydrogens (primary N) is 1. The van der Waals surface area contributed by atoms with E-state index < -0.39 is 0 Å². The van der Waals surface area contributed by atoms with Gasteiger partial charge in [-0.15, -0.1) is 0 Å². The van der Waals surface area contributed by atoms with Crippen molar-refractivity contribution in [2.24, 2.45) is 5.73 Å². The number of benzene rings is 1. The molecular formula is C15H20FN3. The molecule has 0 amide bonds. The topological polar surface area (TPSA) is 43.8 Å². The van der Waals surface area contributed by atoms with Gasteiger partial charge in [-0.05, 0) is 62.6 Å². The molecule has 102 valence electrons. The molecule has 4 heteroatoms. The van der Waals surface area contributed by atoms with Crippen molar-refractivity contribution >= 4 is 0 Å². The van der Waals surface area contributed by atoms with E-state index in [0.29, 0.717) is 13.1 Å². The van der Waals surface area contributed by atoms with Crippen molar-refractivity contribution in [2.45, 2.75) is 33.7 Å². The van der Waals surface area contributed by atoms with Crippen LogP contribution < -0.4 is 5.73 Å². The largest absolute Gasteiger partial charge is 0.330 e. The lowest BCUT2D eigenvalue weighted by atomic mass is 10.1. The summed E-state index contributed by atoms with van der Waals surface area (Å²) in [5.74, 6) is -0.196. The Hall–Kier alpha value is -1.68. The molecule has 0 saturated heterocycles. The summed E-state index contributed by atoms with van der Waals surface area (Å²) >= 11 is 0. The van der Waals surface area contributed by atoms with Crippen molar-refractivity contribution in [3.05, 3.63) is 52.1 Å². The molecule has 0 fully saturated rings. The van der Waals surface area contributed by atoms with Crippen molar-refractivity contribution < 1.29 is 4.39 Å². The second-order valence-electron chi connectivity index (χ2n) is 4.92. The zero-order chi connectivity index (χ0) is 14.0. The average Bonchev–Trinajstić information content (AvgIpc) is 2.61. The van der Waals surface area contributed by atoms with E-state index in [4.69, 9.17) is 5.73 Å². The fraction of sp³-hybridized carbons (Fsp3) is 0.400. The third-order valence-electron chi connectivity index (χ3n) is 3.55. The van der Waals surface area contributed by atoms with E-state index >= 15 is 0 Å². The highest BCUT2D eigenvalue weighted by atomic mass is 19.1. The first-order valence-electron chi connectivity index (χ1n) is 6.51. The van der Waals surface area contributed by atoms with Crippen LogP contribution in [0.5, 0.6) is 0 Å². The minimum atomic E-state index is -0.196. The lowest BCUT2D eigenvalue weighted by Gasteiger charge is -2.08. The average molecular weight is 261 g/mol. The molecule has 1 aromatic heterocycles. The van der Waals surface area contributed by atoms with Crippen molar-refractivity contribution in [1.29, 1.82) is 0 Å². The van der Waals surface area contributed by atoms with Gasteiger partial charge in [0.15, 0.2) is 0 Å². The van der Waals surface area contributed by atoms with Crippen LogP contribution in [0.4, 0.5) is 4.39 Å². The molecule has 19 heavy (non-hydrogen) atoms. The maximum atomic E-state index is 13.1. The molecule has 0 unspecified atom stereocenters. The Kier molecular flexibility index (Phi) is 4.00. The van der Waals surface area contributed by atoms with E-state index in [0.717, 1.165) is 28.9 Å². The molecule has 0 radical (unpaired) electrons. The van der Waals surface area contributed by atoms with Gasteiger partial charge in [0.25, 0.3) is 0 Å². The summed E-state index contributed by atoms with van der Waals surface area (Å²) < 4.78 is 15.1. The normalized spacial score (nSPS) is 11.0. The Morgan fingerprint density at radius 2 is 2.00 bits per heavy atom. The van der Waals surface area contributed by atoms with Crippen molar-refractivity contribution in [1.82, 2.24) is 9.78 Å². The first-order chi connectivity index (χ1) is 9.02. The molecule has 0 bridgehead atoms. The van der Waals surface area contributed by atoms with Gasteiger partial charge < -0.3 is 5.73 Å². The monoisotopic (exact) mass is 261 g/mol. The van der Waals surface area contributed by atoms with E-state index in [9.17, 15) is 4.39 Å². The van der Waals surface area contributed by atoms with Gasteiger partial charge in [-0.1, -0.05) is 6.07 Å². The molecule has 0 saturated carbocycles. The summed E-state index contributed by atoms with van der Waals surface area (Å²) in [4.78, 5) is 0. The van der Waals surface area contributed by atoms with Crippen LogP contribution in [0.2, 0.25) is 0 Å². The molecule has 1 heterocycles. The van der Waals surface area contributed by atoms with Crippen LogP contribution in [0.1, 0.15) is 28.1 Å². The summed E-state index contributed by atoms with van der Waals surface area (Å²) in [5.41, 5.74) is 11.1. The first-order valence-corrected chi connectivity index (χ1v) is 6.51. The fourth-order valence-electron chi connectivity index (χ4n) is 2.39. The van der Waals surface area contributed by atoms with Crippen LogP contribution in [-0.4, -0.2) is 16.3 Å². The van der Waals surface area contributed by atoms with Crippen LogP contribution >= 0.6 is 0 Å². The van der Waals surface area contributed by atoms with Crippen LogP contribution in [0.3, 0.4) is 0 Å². The highest BCUT2D eigenvalue weighted by molar-refractivity contribution is 5.29. The lowest BCUT2D eigenvalue weighted by molar-refractivity contribution is 0.620. The van der Waals surface area contributed by atoms with Crippen molar-refractivity contribution in [3.8, 4) is 0 Å². The van der Waals surface area contributed by atoms with Gasteiger partial charge in [0.1, 0.15) is 5.82 Å². The van der Waals surface area contributed by atoms with Crippen molar-refractivity contribution in [2.75, 3.05) is 6.54 Å². The van der Waals surface area contributed by atoms with Crippen LogP contribution in [0.15, 0.2) is 18.2 Å². The smallest absolute Gasteiger partial charge is 0.123 e. The molecule has 2 aromatic rings. The number of hydrogen-bond donors (Lipinski definition) is 1. The second kappa shape index (κ2) is 5.53. The van der Waals surface area contributed by atoms with E-state index in [-0.39, 0.29) is 5.82 Å². The predicted octanol–water partition coefficient (Wildman–Crippen LogP) is 2.50. The molecule has 1 aromatic carbocycles. The highest BCUT2D eigenvalue weighted by Crippen LogP contribution is 2.17. The molecule has 3 nitrogen and oxygen atoms in total. The fourth-order valence-corrected chi connectivity index (χ4v) is 2.39. The Bertz CT molecular complexity index is 587. The van der Waals surface area contributed by atoms with E-state index in [2.05, 4.69) is 12.0 Å². The van der Waals surface area contributed by atoms with Crippen LogP contribution in [0.25, 0.3) is 0 Å². The first kappa shape index (κ1) is 13.7. The molecule has 2 rings (SSSR count). The Labute approximate surface area is 113 Å². The number of hydrogen-bond acceptors (Lipinski definition) is 2. The molecule has 0 aliphatic heterocycles. The van der Waals surface area contributed by atoms with Gasteiger partial charge in [-0.25, -0.2) is 4.39 Å². The van der Waals surface area contributed by atoms with Gasteiger partial charge in [-0.3, -0.25) is 4.68 Å². The summed E-state index contributed by atoms with van der Waals surface area (Å²) in [5, 5.41) is 4.55. The molecular weight excluding hydrogens is 241 g/mol. The zero-order valence-electron chi connectivity index (χ0n) is 11.7. The summed E-state index contributed by atoms with van der Waals surface area (Å²) in [6.07, 6.45) is 0.847. The Balaban J connectivity index is 2.31. The molecule has 0 spiro atoms. The quantitative estimate of drug-likeness (QED) is 0.919. The van der Waals surface area contributed by atoms with E-state index in [1.807, 2.05) is 24.6 Å². The van der Waals surface area contributed by atoms with Gasteiger partial charge >= 0.3 is 0 Å². The molecule has 0 atom stereocenters. The van der Waals surface area contributed by atoms with Crippen LogP contribution in [0, 0.1) is 26.6 Å². The van der Waals surface area contributed by atoms with Crippen molar-refractivity contribution in [3.63, 3.8) is 0 Å². The number of halogens is 1. The van der Waals surface area contributed by atoms with Gasteiger partial charge in [-0.2, -0.15) is 5.10 Å². The molecule has 2 N–H and O–H groups in total. The lowest BCUT2D eigenvalue weighted by Crippen LogP contribution is -2.07. The summed E-state index contributed by atoms with van der Waals surface area (Å²) in [6.45, 7) is 7.28. The third-order valence-corrected chi connectivity index (χ3v) is 3.55. The minimum Gasteiger partial charge on any atom is -0.330 e. The number of aromatic nitrogens is 2. The van der Waals surface area contributed by atoms with E-state index in [1.54, 1.807) is 6.07 Å². The highest BCUT2D eigenvalue weighted by Gasteiger charge is 2.11. The predicted molar refractivity (Wildman–Crippen MR) is 74.7 cm³/mol. The summed E-state index contributed by atoms with van der Waals surface area (Å²) in [6, 6.07) is 4.88. The Morgan fingerprint density at radius 1 is 1.26 bits per heavy atom. The molecule has 0 aliphatic rings. The second-order valence-corrected chi connectivity index (χ2v) is 4.92.